The summed E-state index contributed by atoms with van der Waals surface area (Å²) in [4.78, 5) is 13.6. The maximum Gasteiger partial charge on any atom is 0.163 e. The number of allylic oxidation sites excluding steroid dienone is 1. The quantitative estimate of drug-likeness (QED) is 0.619. The molecule has 1 unspecified atom stereocenters. The Labute approximate surface area is 174 Å². The minimum absolute atomic E-state index is 0.143. The lowest BCUT2D eigenvalue weighted by Gasteiger charge is -2.14. The number of aliphatic imine (C=N–C) groups is 1. The van der Waals surface area contributed by atoms with Gasteiger partial charge in [0.05, 0.1) is 29.1 Å². The van der Waals surface area contributed by atoms with Gasteiger partial charge in [0.15, 0.2) is 5.82 Å². The number of fused-ring (bicyclic) bond motifs is 1. The van der Waals surface area contributed by atoms with Gasteiger partial charge in [-0.2, -0.15) is 10.5 Å². The van der Waals surface area contributed by atoms with Crippen LogP contribution in [0.15, 0.2) is 65.4 Å². The van der Waals surface area contributed by atoms with Crippen LogP contribution >= 0.6 is 0 Å². The first-order valence-corrected chi connectivity index (χ1v) is 9.66. The summed E-state index contributed by atoms with van der Waals surface area (Å²) in [6.07, 6.45) is 4.28. The predicted molar refractivity (Wildman–Crippen MR) is 116 cm³/mol. The molecule has 2 N–H and O–H groups in total. The van der Waals surface area contributed by atoms with Gasteiger partial charge >= 0.3 is 0 Å². The number of hydrogen-bond donors (Lipinski definition) is 2. The van der Waals surface area contributed by atoms with E-state index in [9.17, 15) is 5.26 Å². The number of rotatable bonds is 6. The topological polar surface area (TPSA) is 110 Å². The average Bonchev–Trinajstić information content (AvgIpc) is 2.82. The van der Waals surface area contributed by atoms with Crippen molar-refractivity contribution in [2.75, 3.05) is 18.4 Å². The van der Waals surface area contributed by atoms with Crippen molar-refractivity contribution in [2.24, 2.45) is 10.9 Å². The molecule has 0 amide bonds. The molecule has 1 atom stereocenters. The van der Waals surface area contributed by atoms with Crippen molar-refractivity contribution in [1.29, 1.82) is 10.5 Å². The van der Waals surface area contributed by atoms with Gasteiger partial charge in [-0.1, -0.05) is 24.3 Å². The summed E-state index contributed by atoms with van der Waals surface area (Å²) in [6.45, 7) is 1.26. The van der Waals surface area contributed by atoms with E-state index in [1.807, 2.05) is 48.5 Å². The van der Waals surface area contributed by atoms with E-state index in [0.29, 0.717) is 36.5 Å². The highest BCUT2D eigenvalue weighted by Crippen LogP contribution is 2.26. The van der Waals surface area contributed by atoms with Crippen LogP contribution in [0.4, 0.5) is 5.82 Å². The first kappa shape index (κ1) is 19.1. The Balaban J connectivity index is 1.52. The Bertz CT molecular complexity index is 1210. The van der Waals surface area contributed by atoms with Gasteiger partial charge in [-0.05, 0) is 36.8 Å². The zero-order valence-corrected chi connectivity index (χ0v) is 16.2. The van der Waals surface area contributed by atoms with Gasteiger partial charge < -0.3 is 10.6 Å². The van der Waals surface area contributed by atoms with Crippen LogP contribution in [0.1, 0.15) is 12.0 Å². The van der Waals surface area contributed by atoms with E-state index >= 15 is 0 Å². The fourth-order valence-electron chi connectivity index (χ4n) is 3.21. The number of nitriles is 2. The fraction of sp³-hybridized carbons (Fsp3) is 0.174. The molecule has 1 aliphatic rings. The van der Waals surface area contributed by atoms with Gasteiger partial charge in [0.25, 0.3) is 0 Å². The van der Waals surface area contributed by atoms with Gasteiger partial charge in [0, 0.05) is 30.3 Å². The highest BCUT2D eigenvalue weighted by molar-refractivity contribution is 5.90. The summed E-state index contributed by atoms with van der Waals surface area (Å²) in [7, 11) is 0. The molecule has 0 spiro atoms. The Morgan fingerprint density at radius 2 is 1.77 bits per heavy atom. The molecule has 3 aromatic rings. The minimum atomic E-state index is -0.143. The average molecular weight is 393 g/mol. The lowest BCUT2D eigenvalue weighted by atomic mass is 10.1. The molecular weight excluding hydrogens is 374 g/mol. The van der Waals surface area contributed by atoms with Gasteiger partial charge in [-0.15, -0.1) is 0 Å². The molecule has 0 bridgehead atoms. The van der Waals surface area contributed by atoms with E-state index in [1.54, 1.807) is 12.3 Å². The molecule has 0 radical (unpaired) electrons. The normalized spacial score (nSPS) is 15.1. The first-order valence-electron chi connectivity index (χ1n) is 9.66. The first-order chi connectivity index (χ1) is 14.8. The van der Waals surface area contributed by atoms with E-state index in [-0.39, 0.29) is 5.92 Å². The second-order valence-corrected chi connectivity index (χ2v) is 6.76. The van der Waals surface area contributed by atoms with Gasteiger partial charge in [0.2, 0.25) is 0 Å². The van der Waals surface area contributed by atoms with Crippen molar-refractivity contribution >= 4 is 22.9 Å². The summed E-state index contributed by atoms with van der Waals surface area (Å²) in [5, 5.41) is 25.9. The third-order valence-electron chi connectivity index (χ3n) is 4.74. The van der Waals surface area contributed by atoms with Crippen LogP contribution in [0.5, 0.6) is 0 Å². The molecule has 7 heteroatoms. The molecule has 0 aliphatic carbocycles. The third kappa shape index (κ3) is 4.11. The molecule has 2 heterocycles. The molecule has 1 aromatic heterocycles. The Morgan fingerprint density at radius 3 is 2.57 bits per heavy atom. The minimum Gasteiger partial charge on any atom is -0.369 e. The van der Waals surface area contributed by atoms with Gasteiger partial charge in [-0.25, -0.2) is 15.0 Å². The standard InChI is InChI=1S/C23H19N7/c24-13-16-9-10-21(28-15-16)26-11-12-27-22-19-7-3-4-8-20(19)29-23(30-22)18-6-2-1-5-17(18)14-25/h1-8,10,15-16,26H,9,11-12H2,(H,27,29,30). The summed E-state index contributed by atoms with van der Waals surface area (Å²) < 4.78 is 0. The van der Waals surface area contributed by atoms with E-state index in [0.717, 1.165) is 22.5 Å². The molecule has 2 aromatic carbocycles. The van der Waals surface area contributed by atoms with E-state index < -0.39 is 0 Å². The molecule has 1 aliphatic heterocycles. The summed E-state index contributed by atoms with van der Waals surface area (Å²) in [5.41, 5.74) is 2.06. The Hall–Kier alpha value is -4.23. The maximum atomic E-state index is 9.43. The van der Waals surface area contributed by atoms with Crippen molar-refractivity contribution < 1.29 is 0 Å². The molecular formula is C23H19N7. The Morgan fingerprint density at radius 1 is 0.967 bits per heavy atom. The molecule has 30 heavy (non-hydrogen) atoms. The maximum absolute atomic E-state index is 9.43. The van der Waals surface area contributed by atoms with Crippen LogP contribution < -0.4 is 10.6 Å². The van der Waals surface area contributed by atoms with E-state index in [1.165, 1.54) is 0 Å². The number of nitrogens with zero attached hydrogens (tertiary/aromatic N) is 5. The third-order valence-corrected chi connectivity index (χ3v) is 4.74. The van der Waals surface area contributed by atoms with Crippen LogP contribution in [0.3, 0.4) is 0 Å². The number of nitrogens with one attached hydrogen (secondary N) is 2. The Kier molecular flexibility index (Phi) is 5.63. The van der Waals surface area contributed by atoms with Crippen LogP contribution in [0.2, 0.25) is 0 Å². The van der Waals surface area contributed by atoms with Gasteiger partial charge in [0.1, 0.15) is 11.6 Å². The highest BCUT2D eigenvalue weighted by Gasteiger charge is 2.12. The van der Waals surface area contributed by atoms with Crippen LogP contribution in [0, 0.1) is 28.6 Å². The van der Waals surface area contributed by atoms with Crippen LogP contribution in [-0.4, -0.2) is 29.3 Å². The molecule has 4 rings (SSSR count). The number of anilines is 1. The van der Waals surface area contributed by atoms with Gasteiger partial charge in [-0.3, -0.25) is 0 Å². The van der Waals surface area contributed by atoms with Crippen molar-refractivity contribution in [3.63, 3.8) is 0 Å². The second-order valence-electron chi connectivity index (χ2n) is 6.76. The zero-order valence-electron chi connectivity index (χ0n) is 16.2. The predicted octanol–water partition coefficient (Wildman–Crippen LogP) is 3.63. The second kappa shape index (κ2) is 8.85. The lowest BCUT2D eigenvalue weighted by molar-refractivity contribution is 0.769. The molecule has 0 fully saturated rings. The molecule has 7 nitrogen and oxygen atoms in total. The van der Waals surface area contributed by atoms with Crippen molar-refractivity contribution in [2.45, 2.75) is 6.42 Å². The van der Waals surface area contributed by atoms with E-state index in [2.05, 4.69) is 32.7 Å². The number of benzene rings is 2. The lowest BCUT2D eigenvalue weighted by Crippen LogP contribution is -2.23. The number of para-hydroxylation sites is 1. The summed E-state index contributed by atoms with van der Waals surface area (Å²) >= 11 is 0. The molecule has 0 saturated heterocycles. The smallest absolute Gasteiger partial charge is 0.163 e. The highest BCUT2D eigenvalue weighted by atomic mass is 15.1. The zero-order chi connectivity index (χ0) is 20.8. The van der Waals surface area contributed by atoms with Crippen molar-refractivity contribution in [3.8, 4) is 23.5 Å². The SMILES string of the molecule is N#Cc1ccccc1-c1nc(NCCNC2=CCC(C#N)C=N2)c2ccccc2n1. The molecule has 0 saturated carbocycles. The number of aromatic nitrogens is 2. The molecule has 146 valence electrons. The van der Waals surface area contributed by atoms with E-state index in [4.69, 9.17) is 10.2 Å². The fourth-order valence-corrected chi connectivity index (χ4v) is 3.21. The summed E-state index contributed by atoms with van der Waals surface area (Å²) in [6, 6.07) is 19.5. The van der Waals surface area contributed by atoms with Crippen molar-refractivity contribution in [3.05, 3.63) is 66.0 Å². The van der Waals surface area contributed by atoms with Crippen LogP contribution in [-0.2, 0) is 0 Å². The monoisotopic (exact) mass is 393 g/mol. The van der Waals surface area contributed by atoms with Crippen LogP contribution in [0.25, 0.3) is 22.3 Å². The summed E-state index contributed by atoms with van der Waals surface area (Å²) in [5.74, 6) is 1.87. The van der Waals surface area contributed by atoms with Crippen molar-refractivity contribution in [1.82, 2.24) is 15.3 Å². The number of hydrogen-bond acceptors (Lipinski definition) is 7. The largest absolute Gasteiger partial charge is 0.369 e.